The van der Waals surface area contributed by atoms with E-state index in [0.717, 1.165) is 10.6 Å². The second-order valence-corrected chi connectivity index (χ2v) is 2.61. The Morgan fingerprint density at radius 3 is 3.44 bits per heavy atom. The van der Waals surface area contributed by atoms with Crippen LogP contribution in [0, 0.1) is 12.1 Å². The second kappa shape index (κ2) is 1.81. The Hall–Kier alpha value is -0.890. The minimum Gasteiger partial charge on any atom is -0.254 e. The molecule has 1 aliphatic heterocycles. The number of aromatic nitrogens is 1. The molecule has 42 valence electrons. The molecule has 0 aromatic carbocycles. The first-order chi connectivity index (χ1) is 4.47. The molecule has 0 saturated carbocycles. The van der Waals surface area contributed by atoms with E-state index in [1.807, 2.05) is 11.4 Å². The Kier molecular flexibility index (Phi) is 0.993. The minimum absolute atomic E-state index is 0.919. The Morgan fingerprint density at radius 1 is 1.56 bits per heavy atom. The molecule has 0 atom stereocenters. The first-order valence-electron chi connectivity index (χ1n) is 2.58. The van der Waals surface area contributed by atoms with E-state index in [2.05, 4.69) is 17.1 Å². The van der Waals surface area contributed by atoms with E-state index < -0.39 is 0 Å². The predicted molar refractivity (Wildman–Crippen MR) is 36.4 cm³/mol. The Labute approximate surface area is 57.3 Å². The van der Waals surface area contributed by atoms with Gasteiger partial charge in [0.05, 0.1) is 10.6 Å². The van der Waals surface area contributed by atoms with Crippen molar-refractivity contribution in [3.63, 3.8) is 0 Å². The van der Waals surface area contributed by atoms with Gasteiger partial charge >= 0.3 is 0 Å². The molecule has 0 amide bonds. The topological polar surface area (TPSA) is 12.9 Å². The zero-order chi connectivity index (χ0) is 6.10. The van der Waals surface area contributed by atoms with Crippen LogP contribution < -0.4 is 0 Å². The summed E-state index contributed by atoms with van der Waals surface area (Å²) in [6.45, 7) is 0. The third-order valence-electron chi connectivity index (χ3n) is 1.09. The molecule has 1 aliphatic carbocycles. The lowest BCUT2D eigenvalue weighted by atomic mass is 10.4. The Bertz CT molecular complexity index is 249. The maximum atomic E-state index is 4.06. The summed E-state index contributed by atoms with van der Waals surface area (Å²) in [7, 11) is 0. The van der Waals surface area contributed by atoms with Crippen molar-refractivity contribution in [2.75, 3.05) is 0 Å². The fourth-order valence-corrected chi connectivity index (χ4v) is 1.31. The molecule has 2 aliphatic rings. The van der Waals surface area contributed by atoms with Crippen LogP contribution in [0.5, 0.6) is 0 Å². The third kappa shape index (κ3) is 0.715. The molecule has 0 unspecified atom stereocenters. The van der Waals surface area contributed by atoms with Gasteiger partial charge in [-0.3, -0.25) is 4.98 Å². The van der Waals surface area contributed by atoms with Gasteiger partial charge in [-0.05, 0) is 12.1 Å². The summed E-state index contributed by atoms with van der Waals surface area (Å²) in [6, 6.07) is 7.65. The summed E-state index contributed by atoms with van der Waals surface area (Å²) in [5.41, 5.74) is 0.919. The fraction of sp³-hybridized carbons (Fsp3) is 0. The average Bonchev–Trinajstić information content (AvgIpc) is 2.33. The van der Waals surface area contributed by atoms with Crippen LogP contribution in [0.1, 0.15) is 0 Å². The first-order valence-corrected chi connectivity index (χ1v) is 3.46. The zero-order valence-corrected chi connectivity index (χ0v) is 5.40. The number of rotatable bonds is 0. The lowest BCUT2D eigenvalue weighted by molar-refractivity contribution is 1.37. The summed E-state index contributed by atoms with van der Waals surface area (Å²) in [5.74, 6) is 0. The van der Waals surface area contributed by atoms with Gasteiger partial charge in [0.15, 0.2) is 0 Å². The van der Waals surface area contributed by atoms with Crippen molar-refractivity contribution < 1.29 is 0 Å². The molecule has 0 N–H and O–H groups in total. The van der Waals surface area contributed by atoms with Crippen molar-refractivity contribution in [2.24, 2.45) is 0 Å². The van der Waals surface area contributed by atoms with Gasteiger partial charge in [-0.25, -0.2) is 0 Å². The van der Waals surface area contributed by atoms with Gasteiger partial charge in [0.2, 0.25) is 0 Å². The molecule has 2 heteroatoms. The average molecular weight is 133 g/mol. The first kappa shape index (κ1) is 4.94. The van der Waals surface area contributed by atoms with Crippen molar-refractivity contribution >= 4 is 11.3 Å². The quantitative estimate of drug-likeness (QED) is 0.534. The maximum Gasteiger partial charge on any atom is 0.0887 e. The standard InChI is InChI=1S/C7H3NS/c1-2-6-7(3-1)9-5-4-8-6/h3-5H. The number of nitrogens with zero attached hydrogens (tertiary/aromatic N) is 1. The molecule has 9 heavy (non-hydrogen) atoms. The van der Waals surface area contributed by atoms with Crippen LogP contribution in [0.3, 0.4) is 0 Å². The van der Waals surface area contributed by atoms with Gasteiger partial charge in [-0.2, -0.15) is 0 Å². The molecule has 0 spiro atoms. The smallest absolute Gasteiger partial charge is 0.0887 e. The number of hydrogen-bond donors (Lipinski definition) is 0. The molecule has 1 nitrogen and oxygen atoms in total. The van der Waals surface area contributed by atoms with Crippen LogP contribution in [0.25, 0.3) is 10.6 Å². The molecular formula is C7H3NS. The minimum atomic E-state index is 0.919. The largest absolute Gasteiger partial charge is 0.254 e. The summed E-state index contributed by atoms with van der Waals surface area (Å²) in [6.07, 6.45) is 1.78. The molecule has 0 fully saturated rings. The van der Waals surface area contributed by atoms with Gasteiger partial charge in [0, 0.05) is 17.6 Å². The van der Waals surface area contributed by atoms with Gasteiger partial charge < -0.3 is 0 Å². The van der Waals surface area contributed by atoms with Crippen molar-refractivity contribution in [1.29, 1.82) is 0 Å². The van der Waals surface area contributed by atoms with Crippen LogP contribution in [0.4, 0.5) is 0 Å². The van der Waals surface area contributed by atoms with Crippen LogP contribution in [-0.2, 0) is 0 Å². The lowest BCUT2D eigenvalue weighted by Gasteiger charge is -1.89. The zero-order valence-electron chi connectivity index (χ0n) is 4.59. The second-order valence-electron chi connectivity index (χ2n) is 1.66. The molecule has 2 rings (SSSR count). The number of fused-ring (bicyclic) bond motifs is 1. The van der Waals surface area contributed by atoms with E-state index in [4.69, 9.17) is 0 Å². The normalized spacial score (nSPS) is 10.2. The van der Waals surface area contributed by atoms with E-state index in [9.17, 15) is 0 Å². The summed E-state index contributed by atoms with van der Waals surface area (Å²) in [4.78, 5) is 5.22. The van der Waals surface area contributed by atoms with Crippen molar-refractivity contribution in [1.82, 2.24) is 4.98 Å². The highest BCUT2D eigenvalue weighted by atomic mass is 32.1. The molecule has 2 radical (unpaired) electrons. The molecule has 0 bridgehead atoms. The SMILES string of the molecule is [c]1[c]c2nccsc-2c1. The van der Waals surface area contributed by atoms with E-state index >= 15 is 0 Å². The molecule has 0 aromatic rings. The molecule has 1 heterocycles. The van der Waals surface area contributed by atoms with Gasteiger partial charge in [-0.1, -0.05) is 0 Å². The monoisotopic (exact) mass is 133 g/mol. The summed E-state index contributed by atoms with van der Waals surface area (Å²) in [5, 5.41) is 1.95. The lowest BCUT2D eigenvalue weighted by Crippen LogP contribution is -1.72. The maximum absolute atomic E-state index is 4.06. The van der Waals surface area contributed by atoms with Gasteiger partial charge in [0.25, 0.3) is 0 Å². The van der Waals surface area contributed by atoms with E-state index in [1.165, 1.54) is 0 Å². The summed E-state index contributed by atoms with van der Waals surface area (Å²) < 4.78 is 0. The number of hydrogen-bond acceptors (Lipinski definition) is 2. The summed E-state index contributed by atoms with van der Waals surface area (Å²) >= 11 is 1.66. The highest BCUT2D eigenvalue weighted by Gasteiger charge is 1.99. The molecular weight excluding hydrogens is 130 g/mol. The third-order valence-corrected chi connectivity index (χ3v) is 1.91. The Morgan fingerprint density at radius 2 is 2.56 bits per heavy atom. The van der Waals surface area contributed by atoms with Gasteiger partial charge in [0.1, 0.15) is 0 Å². The van der Waals surface area contributed by atoms with E-state index in [-0.39, 0.29) is 0 Å². The van der Waals surface area contributed by atoms with Crippen molar-refractivity contribution in [3.8, 4) is 10.6 Å². The van der Waals surface area contributed by atoms with Crippen molar-refractivity contribution in [3.05, 3.63) is 29.8 Å². The molecule has 0 aromatic heterocycles. The highest BCUT2D eigenvalue weighted by Crippen LogP contribution is 2.22. The van der Waals surface area contributed by atoms with E-state index in [0.29, 0.717) is 0 Å². The van der Waals surface area contributed by atoms with Crippen LogP contribution in [0.15, 0.2) is 17.6 Å². The van der Waals surface area contributed by atoms with E-state index in [1.54, 1.807) is 17.5 Å². The predicted octanol–water partition coefficient (Wildman–Crippen LogP) is 1.85. The fourth-order valence-electron chi connectivity index (χ4n) is 0.694. The van der Waals surface area contributed by atoms with Crippen LogP contribution >= 0.6 is 11.3 Å². The van der Waals surface area contributed by atoms with Crippen LogP contribution in [-0.4, -0.2) is 4.98 Å². The van der Waals surface area contributed by atoms with Crippen molar-refractivity contribution in [2.45, 2.75) is 0 Å². The van der Waals surface area contributed by atoms with Crippen LogP contribution in [0.2, 0.25) is 0 Å². The Balaban J connectivity index is 2.79. The highest BCUT2D eigenvalue weighted by molar-refractivity contribution is 7.13. The molecule has 0 saturated heterocycles. The van der Waals surface area contributed by atoms with Gasteiger partial charge in [-0.15, -0.1) is 11.3 Å².